The van der Waals surface area contributed by atoms with Gasteiger partial charge in [-0.2, -0.15) is 0 Å². The van der Waals surface area contributed by atoms with E-state index in [-0.39, 0.29) is 34.0 Å². The molecule has 2 saturated carbocycles. The number of carbonyl (C=O) groups excluding carboxylic acids is 1. The number of nitrogens with one attached hydrogen (secondary N) is 3. The van der Waals surface area contributed by atoms with Crippen LogP contribution in [0.5, 0.6) is 11.5 Å². The lowest BCUT2D eigenvalue weighted by molar-refractivity contribution is -0.384. The zero-order valence-corrected chi connectivity index (χ0v) is 39.8. The summed E-state index contributed by atoms with van der Waals surface area (Å²) in [5.74, 6) is 1.58. The Hall–Kier alpha value is -5.39. The molecule has 1 spiro atoms. The van der Waals surface area contributed by atoms with Gasteiger partial charge in [-0.05, 0) is 109 Å². The van der Waals surface area contributed by atoms with Gasteiger partial charge in [0.1, 0.15) is 22.0 Å². The number of nitrogens with zero attached hydrogens (tertiary/aromatic N) is 5. The molecule has 2 atom stereocenters. The first kappa shape index (κ1) is 45.8. The van der Waals surface area contributed by atoms with Crippen LogP contribution in [-0.2, 0) is 20.8 Å². The summed E-state index contributed by atoms with van der Waals surface area (Å²) in [4.78, 5) is 41.5. The molecule has 17 heteroatoms. The average molecular weight is 937 g/mol. The maximum atomic E-state index is 14.0. The normalized spacial score (nSPS) is 21.4. The third-order valence-electron chi connectivity index (χ3n) is 14.7. The number of benzene rings is 2. The lowest BCUT2D eigenvalue weighted by atomic mass is 9.59. The van der Waals surface area contributed by atoms with Gasteiger partial charge < -0.3 is 19.9 Å². The third kappa shape index (κ3) is 9.70. The summed E-state index contributed by atoms with van der Waals surface area (Å²) < 4.78 is 48.9. The number of sulfonamides is 1. The first-order valence-electron chi connectivity index (χ1n) is 23.2. The predicted octanol–water partition coefficient (Wildman–Crippen LogP) is 9.08. The van der Waals surface area contributed by atoms with Gasteiger partial charge in [-0.3, -0.25) is 24.0 Å². The third-order valence-corrected chi connectivity index (χ3v) is 17.3. The van der Waals surface area contributed by atoms with Crippen LogP contribution in [0, 0.1) is 26.9 Å². The summed E-state index contributed by atoms with van der Waals surface area (Å²) in [6.07, 6.45) is 12.6. The molecule has 3 N–H and O–H groups in total. The van der Waals surface area contributed by atoms with Crippen LogP contribution in [0.15, 0.2) is 84.1 Å². The van der Waals surface area contributed by atoms with Gasteiger partial charge >= 0.3 is 5.69 Å². The molecule has 4 aliphatic rings. The van der Waals surface area contributed by atoms with Crippen LogP contribution in [0.4, 0.5) is 17.2 Å². The van der Waals surface area contributed by atoms with E-state index >= 15 is 0 Å². The lowest BCUT2D eigenvalue weighted by Crippen LogP contribution is -2.58. The van der Waals surface area contributed by atoms with Gasteiger partial charge in [-0.1, -0.05) is 52.0 Å². The number of H-pyrrole nitrogens is 1. The molecule has 1 amide bonds. The minimum Gasteiger partial charge on any atom is -0.455 e. The Morgan fingerprint density at radius 2 is 1.76 bits per heavy atom. The number of aromatic nitrogens is 3. The highest BCUT2D eigenvalue weighted by Crippen LogP contribution is 2.53. The van der Waals surface area contributed by atoms with Gasteiger partial charge in [0, 0.05) is 90.0 Å². The molecule has 2 aromatic carbocycles. The number of pyridine rings is 2. The Morgan fingerprint density at radius 1 is 1.00 bits per heavy atom. The first-order valence-corrected chi connectivity index (χ1v) is 26.2. The molecule has 66 heavy (non-hydrogen) atoms. The Morgan fingerprint density at radius 3 is 2.50 bits per heavy atom. The molecule has 15 nitrogen and oxygen atoms in total. The zero-order valence-electron chi connectivity index (χ0n) is 38.1. The van der Waals surface area contributed by atoms with E-state index in [1.54, 1.807) is 30.5 Å². The summed E-state index contributed by atoms with van der Waals surface area (Å²) >= 11 is 0. The van der Waals surface area contributed by atoms with Gasteiger partial charge in [-0.15, -0.1) is 0 Å². The number of anilines is 2. The van der Waals surface area contributed by atoms with E-state index in [0.29, 0.717) is 47.3 Å². The predicted molar refractivity (Wildman–Crippen MR) is 257 cm³/mol. The van der Waals surface area contributed by atoms with Crippen molar-refractivity contribution in [3.05, 3.63) is 106 Å². The van der Waals surface area contributed by atoms with Crippen LogP contribution >= 0.6 is 0 Å². The second-order valence-electron chi connectivity index (χ2n) is 20.0. The molecule has 2 saturated heterocycles. The fraction of sp³-hybridized carbons (Fsp3) is 0.490. The van der Waals surface area contributed by atoms with Gasteiger partial charge in [-0.25, -0.2) is 23.1 Å². The molecule has 5 heterocycles. The van der Waals surface area contributed by atoms with Gasteiger partial charge in [0.25, 0.3) is 15.9 Å². The van der Waals surface area contributed by atoms with Crippen molar-refractivity contribution in [2.24, 2.45) is 16.7 Å². The van der Waals surface area contributed by atoms with E-state index in [2.05, 4.69) is 86.8 Å². The van der Waals surface area contributed by atoms with Crippen molar-refractivity contribution in [3.63, 3.8) is 0 Å². The summed E-state index contributed by atoms with van der Waals surface area (Å²) in [7, 11) is -5.45. The van der Waals surface area contributed by atoms with E-state index in [1.807, 2.05) is 6.07 Å². The fourth-order valence-electron chi connectivity index (χ4n) is 10.7. The number of hydrogen-bond acceptors (Lipinski definition) is 12. The minimum atomic E-state index is -4.62. The second kappa shape index (κ2) is 18.4. The summed E-state index contributed by atoms with van der Waals surface area (Å²) in [6, 6.07) is 18.9. The van der Waals surface area contributed by atoms with Crippen molar-refractivity contribution in [2.75, 3.05) is 47.9 Å². The van der Waals surface area contributed by atoms with E-state index in [1.165, 1.54) is 17.3 Å². The Bertz CT molecular complexity index is 2750. The zero-order chi connectivity index (χ0) is 46.4. The van der Waals surface area contributed by atoms with Crippen molar-refractivity contribution >= 4 is 55.0 Å². The van der Waals surface area contributed by atoms with Crippen LogP contribution in [0.1, 0.15) is 113 Å². The van der Waals surface area contributed by atoms with Crippen molar-refractivity contribution in [1.29, 1.82) is 0 Å². The van der Waals surface area contributed by atoms with Crippen LogP contribution < -0.4 is 19.7 Å². The molecule has 4 fully saturated rings. The monoisotopic (exact) mass is 936 g/mol. The number of fused-ring (bicyclic) bond motifs is 1. The van der Waals surface area contributed by atoms with Crippen molar-refractivity contribution in [3.8, 4) is 11.5 Å². The van der Waals surface area contributed by atoms with Crippen LogP contribution in [0.2, 0.25) is 0 Å². The second-order valence-corrected chi connectivity index (χ2v) is 23.3. The quantitative estimate of drug-likeness (QED) is 0.0751. The van der Waals surface area contributed by atoms with E-state index in [0.717, 1.165) is 94.3 Å². The number of aromatic amines is 1. The highest BCUT2D eigenvalue weighted by molar-refractivity contribution is 7.90. The Balaban J connectivity index is 0.900. The van der Waals surface area contributed by atoms with E-state index in [4.69, 9.17) is 4.74 Å². The maximum absolute atomic E-state index is 14.0. The van der Waals surface area contributed by atoms with Crippen molar-refractivity contribution in [2.45, 2.75) is 102 Å². The van der Waals surface area contributed by atoms with Gasteiger partial charge in [0.05, 0.1) is 22.9 Å². The molecule has 9 rings (SSSR count). The Kier molecular flexibility index (Phi) is 12.7. The lowest BCUT2D eigenvalue weighted by Gasteiger charge is -2.57. The highest BCUT2D eigenvalue weighted by Gasteiger charge is 2.50. The average Bonchev–Trinajstić information content (AvgIpc) is 3.76. The maximum Gasteiger partial charge on any atom is 0.312 e. The first-order chi connectivity index (χ1) is 31.6. The Labute approximate surface area is 389 Å². The molecule has 0 radical (unpaired) electrons. The molecule has 0 bridgehead atoms. The topological polar surface area (TPSA) is 193 Å². The standard InChI is InChI=1S/C49H60N8O7S2/c1-32(2)39-7-5-6-8-40(39)43-31-65(61)22-21-56(43)36-26-49(27-36)16-19-55(20-17-49)35-9-10-41(44(24-35)64-37-23-34-13-18-50-45(34)52-29-37)47(58)54-66(62,63)38-25-42(57(59)60)46(53-30-38)51-28-33-11-14-48(3,4)15-12-33/h5-10,13,18,23-25,29-30,32-33,36,43H,11-12,14-17,19-22,26-28,31H2,1-4H3,(H,50,52)(H,51,53)(H,54,58)/t43-,65?/m0/s1. The highest BCUT2D eigenvalue weighted by atomic mass is 32.2. The summed E-state index contributed by atoms with van der Waals surface area (Å²) in [5.41, 5.74) is 4.08. The SMILES string of the molecule is CC(C)c1ccccc1[C@@H]1CS(=O)CCN1C1CC2(CCN(c3ccc(C(=O)NS(=O)(=O)c4cnc(NCC5CCC(C)(C)CC5)c([N+](=O)[O-])c4)c(Oc4cnc5[nH]ccc5c4)c3)CC2)C1. The van der Waals surface area contributed by atoms with Gasteiger partial charge in [0.2, 0.25) is 5.82 Å². The number of piperidine rings is 1. The molecule has 2 aliphatic carbocycles. The number of amides is 1. The van der Waals surface area contributed by atoms with E-state index in [9.17, 15) is 27.5 Å². The number of nitro groups is 1. The largest absolute Gasteiger partial charge is 0.455 e. The minimum absolute atomic E-state index is 0.0205. The van der Waals surface area contributed by atoms with Crippen molar-refractivity contribution < 1.29 is 27.1 Å². The van der Waals surface area contributed by atoms with Crippen LogP contribution in [0.3, 0.4) is 0 Å². The summed E-state index contributed by atoms with van der Waals surface area (Å²) in [6.45, 7) is 11.8. The number of carbonyl (C=O) groups is 1. The number of ether oxygens (including phenoxy) is 1. The van der Waals surface area contributed by atoms with Gasteiger partial charge in [0.15, 0.2) is 0 Å². The molecule has 5 aromatic rings. The molecular formula is C49H60N8O7S2. The van der Waals surface area contributed by atoms with E-state index < -0.39 is 42.2 Å². The smallest absolute Gasteiger partial charge is 0.312 e. The molecule has 350 valence electrons. The fourth-order valence-corrected chi connectivity index (χ4v) is 12.9. The van der Waals surface area contributed by atoms with Crippen LogP contribution in [-0.4, -0.2) is 87.0 Å². The van der Waals surface area contributed by atoms with Crippen molar-refractivity contribution in [1.82, 2.24) is 24.6 Å². The number of hydrogen-bond donors (Lipinski definition) is 3. The number of rotatable bonds is 13. The molecule has 3 aromatic heterocycles. The molecular weight excluding hydrogens is 877 g/mol. The molecule has 1 unspecified atom stereocenters. The van der Waals surface area contributed by atoms with Crippen LogP contribution in [0.25, 0.3) is 11.0 Å². The summed E-state index contributed by atoms with van der Waals surface area (Å²) in [5, 5.41) is 16.0. The molecule has 2 aliphatic heterocycles.